The standard InChI is InChI=1S/C14H19N3O3.ClH/c1-10-4-5-11(8-12(10)17(19)20)16-13(18)14(2)6-3-7-15-9-14;/h4-5,8,15H,3,6-7,9H2,1-2H3,(H,16,18);1H. The van der Waals surface area contributed by atoms with Gasteiger partial charge in [0.15, 0.2) is 0 Å². The van der Waals surface area contributed by atoms with E-state index >= 15 is 0 Å². The molecule has 0 bridgehead atoms. The molecular weight excluding hydrogens is 294 g/mol. The van der Waals surface area contributed by atoms with Crippen LogP contribution < -0.4 is 10.6 Å². The molecule has 1 atom stereocenters. The van der Waals surface area contributed by atoms with Crippen molar-refractivity contribution in [3.05, 3.63) is 33.9 Å². The number of amides is 1. The average molecular weight is 314 g/mol. The van der Waals surface area contributed by atoms with Crippen LogP contribution in [0.4, 0.5) is 11.4 Å². The zero-order valence-electron chi connectivity index (χ0n) is 12.1. The third-order valence-corrected chi connectivity index (χ3v) is 3.81. The summed E-state index contributed by atoms with van der Waals surface area (Å²) in [4.78, 5) is 22.8. The second kappa shape index (κ2) is 6.87. The lowest BCUT2D eigenvalue weighted by Gasteiger charge is -2.32. The minimum atomic E-state index is -0.460. The average Bonchev–Trinajstić information content (AvgIpc) is 2.41. The van der Waals surface area contributed by atoms with Crippen LogP contribution in [0, 0.1) is 22.5 Å². The predicted molar refractivity (Wildman–Crippen MR) is 83.9 cm³/mol. The normalized spacial score (nSPS) is 21.2. The lowest BCUT2D eigenvalue weighted by atomic mass is 9.82. The Morgan fingerprint density at radius 2 is 2.19 bits per heavy atom. The first kappa shape index (κ1) is 17.4. The summed E-state index contributed by atoms with van der Waals surface area (Å²) in [6, 6.07) is 4.75. The summed E-state index contributed by atoms with van der Waals surface area (Å²) < 4.78 is 0. The van der Waals surface area contributed by atoms with Crippen molar-refractivity contribution < 1.29 is 9.72 Å². The summed E-state index contributed by atoms with van der Waals surface area (Å²) in [6.07, 6.45) is 1.78. The summed E-state index contributed by atoms with van der Waals surface area (Å²) in [5.41, 5.74) is 0.616. The van der Waals surface area contributed by atoms with E-state index in [1.807, 2.05) is 6.92 Å². The van der Waals surface area contributed by atoms with Crippen molar-refractivity contribution in [2.45, 2.75) is 26.7 Å². The quantitative estimate of drug-likeness (QED) is 0.663. The van der Waals surface area contributed by atoms with E-state index in [2.05, 4.69) is 10.6 Å². The zero-order chi connectivity index (χ0) is 14.8. The second-order valence-corrected chi connectivity index (χ2v) is 5.55. The monoisotopic (exact) mass is 313 g/mol. The molecule has 21 heavy (non-hydrogen) atoms. The van der Waals surface area contributed by atoms with Gasteiger partial charge in [0, 0.05) is 23.9 Å². The van der Waals surface area contributed by atoms with Gasteiger partial charge in [0.05, 0.1) is 10.3 Å². The Bertz CT molecular complexity index is 542. The molecule has 1 aromatic rings. The third-order valence-electron chi connectivity index (χ3n) is 3.81. The highest BCUT2D eigenvalue weighted by Gasteiger charge is 2.34. The molecule has 1 saturated heterocycles. The highest BCUT2D eigenvalue weighted by Crippen LogP contribution is 2.28. The Labute approximate surface area is 129 Å². The maximum atomic E-state index is 12.3. The lowest BCUT2D eigenvalue weighted by Crippen LogP contribution is -2.46. The molecule has 0 aliphatic carbocycles. The fraction of sp³-hybridized carbons (Fsp3) is 0.500. The van der Waals surface area contributed by atoms with Crippen molar-refractivity contribution in [1.29, 1.82) is 0 Å². The molecule has 1 amide bonds. The largest absolute Gasteiger partial charge is 0.325 e. The van der Waals surface area contributed by atoms with Crippen molar-refractivity contribution in [3.63, 3.8) is 0 Å². The number of nitro benzene ring substituents is 1. The summed E-state index contributed by atoms with van der Waals surface area (Å²) in [5, 5.41) is 16.9. The van der Waals surface area contributed by atoms with E-state index in [-0.39, 0.29) is 24.0 Å². The second-order valence-electron chi connectivity index (χ2n) is 5.55. The van der Waals surface area contributed by atoms with Crippen molar-refractivity contribution >= 4 is 29.7 Å². The van der Waals surface area contributed by atoms with Crippen LogP contribution in [-0.4, -0.2) is 23.9 Å². The highest BCUT2D eigenvalue weighted by molar-refractivity contribution is 5.95. The molecule has 1 heterocycles. The van der Waals surface area contributed by atoms with Gasteiger partial charge in [-0.15, -0.1) is 12.4 Å². The smallest absolute Gasteiger partial charge is 0.274 e. The molecule has 1 fully saturated rings. The molecule has 0 saturated carbocycles. The number of carbonyl (C=O) groups excluding carboxylic acids is 1. The van der Waals surface area contributed by atoms with Crippen molar-refractivity contribution in [2.24, 2.45) is 5.41 Å². The molecule has 1 aromatic carbocycles. The Morgan fingerprint density at radius 3 is 2.76 bits per heavy atom. The van der Waals surface area contributed by atoms with Crippen LogP contribution in [0.2, 0.25) is 0 Å². The van der Waals surface area contributed by atoms with Crippen LogP contribution in [0.25, 0.3) is 0 Å². The van der Waals surface area contributed by atoms with Gasteiger partial charge in [-0.3, -0.25) is 14.9 Å². The molecule has 1 aliphatic rings. The van der Waals surface area contributed by atoms with Gasteiger partial charge in [0.25, 0.3) is 5.69 Å². The van der Waals surface area contributed by atoms with Crippen LogP contribution in [0.5, 0.6) is 0 Å². The molecule has 6 nitrogen and oxygen atoms in total. The maximum absolute atomic E-state index is 12.3. The SMILES string of the molecule is Cc1ccc(NC(=O)C2(C)CCCNC2)cc1[N+](=O)[O-].Cl. The van der Waals surface area contributed by atoms with Gasteiger partial charge < -0.3 is 10.6 Å². The fourth-order valence-corrected chi connectivity index (χ4v) is 2.42. The fourth-order valence-electron chi connectivity index (χ4n) is 2.42. The number of piperidine rings is 1. The van der Waals surface area contributed by atoms with Crippen LogP contribution >= 0.6 is 12.4 Å². The molecule has 1 aliphatic heterocycles. The van der Waals surface area contributed by atoms with E-state index in [4.69, 9.17) is 0 Å². The van der Waals surface area contributed by atoms with E-state index in [1.165, 1.54) is 6.07 Å². The number of nitrogens with zero attached hydrogens (tertiary/aromatic N) is 1. The highest BCUT2D eigenvalue weighted by atomic mass is 35.5. The Balaban J connectivity index is 0.00000220. The first-order valence-electron chi connectivity index (χ1n) is 6.70. The Kier molecular flexibility index (Phi) is 5.69. The van der Waals surface area contributed by atoms with E-state index < -0.39 is 10.3 Å². The van der Waals surface area contributed by atoms with Gasteiger partial charge in [-0.05, 0) is 39.3 Å². The molecule has 2 N–H and O–H groups in total. The van der Waals surface area contributed by atoms with E-state index in [0.717, 1.165) is 19.4 Å². The number of nitrogens with one attached hydrogen (secondary N) is 2. The molecule has 116 valence electrons. The molecule has 0 radical (unpaired) electrons. The van der Waals surface area contributed by atoms with Gasteiger partial charge in [0.1, 0.15) is 0 Å². The Morgan fingerprint density at radius 1 is 1.48 bits per heavy atom. The first-order chi connectivity index (χ1) is 9.42. The molecule has 0 aromatic heterocycles. The van der Waals surface area contributed by atoms with Gasteiger partial charge in [0.2, 0.25) is 5.91 Å². The lowest BCUT2D eigenvalue weighted by molar-refractivity contribution is -0.385. The van der Waals surface area contributed by atoms with Crippen molar-refractivity contribution in [2.75, 3.05) is 18.4 Å². The van der Waals surface area contributed by atoms with Crippen molar-refractivity contribution in [3.8, 4) is 0 Å². The van der Waals surface area contributed by atoms with E-state index in [1.54, 1.807) is 19.1 Å². The topological polar surface area (TPSA) is 84.3 Å². The number of benzene rings is 1. The number of hydrogen-bond donors (Lipinski definition) is 2. The predicted octanol–water partition coefficient (Wildman–Crippen LogP) is 2.65. The third kappa shape index (κ3) is 3.92. The van der Waals surface area contributed by atoms with Crippen LogP contribution in [-0.2, 0) is 4.79 Å². The summed E-state index contributed by atoms with van der Waals surface area (Å²) >= 11 is 0. The number of hydrogen-bond acceptors (Lipinski definition) is 4. The van der Waals surface area contributed by atoms with Crippen LogP contribution in [0.15, 0.2) is 18.2 Å². The summed E-state index contributed by atoms with van der Waals surface area (Å²) in [7, 11) is 0. The molecule has 1 unspecified atom stereocenters. The molecule has 0 spiro atoms. The van der Waals surface area contributed by atoms with Gasteiger partial charge in [-0.1, -0.05) is 6.07 Å². The zero-order valence-corrected chi connectivity index (χ0v) is 13.0. The molecular formula is C14H20ClN3O3. The molecule has 2 rings (SSSR count). The van der Waals surface area contributed by atoms with Crippen LogP contribution in [0.3, 0.4) is 0 Å². The molecule has 7 heteroatoms. The number of halogens is 1. The number of carbonyl (C=O) groups is 1. The minimum Gasteiger partial charge on any atom is -0.325 e. The van der Waals surface area contributed by atoms with Gasteiger partial charge >= 0.3 is 0 Å². The van der Waals surface area contributed by atoms with Gasteiger partial charge in [-0.2, -0.15) is 0 Å². The van der Waals surface area contributed by atoms with Crippen LogP contribution in [0.1, 0.15) is 25.3 Å². The first-order valence-corrected chi connectivity index (χ1v) is 6.70. The minimum absolute atomic E-state index is 0. The summed E-state index contributed by atoms with van der Waals surface area (Å²) in [5.74, 6) is -0.0946. The number of aryl methyl sites for hydroxylation is 1. The van der Waals surface area contributed by atoms with Crippen molar-refractivity contribution in [1.82, 2.24) is 5.32 Å². The Hall–Kier alpha value is -1.66. The van der Waals surface area contributed by atoms with Gasteiger partial charge in [-0.25, -0.2) is 0 Å². The number of nitro groups is 1. The number of rotatable bonds is 3. The van der Waals surface area contributed by atoms with E-state index in [9.17, 15) is 14.9 Å². The maximum Gasteiger partial charge on any atom is 0.274 e. The summed E-state index contributed by atoms with van der Waals surface area (Å²) in [6.45, 7) is 5.15. The van der Waals surface area contributed by atoms with E-state index in [0.29, 0.717) is 17.8 Å². The number of anilines is 1.